The Morgan fingerprint density at radius 3 is 2.55 bits per heavy atom. The quantitative estimate of drug-likeness (QED) is 0.621. The summed E-state index contributed by atoms with van der Waals surface area (Å²) >= 11 is 3.36. The van der Waals surface area contributed by atoms with Crippen molar-refractivity contribution in [2.24, 2.45) is 0 Å². The fourth-order valence-electron chi connectivity index (χ4n) is 3.99. The van der Waals surface area contributed by atoms with Crippen LogP contribution in [0.5, 0.6) is 0 Å². The fourth-order valence-corrected chi connectivity index (χ4v) is 4.25. The van der Waals surface area contributed by atoms with Gasteiger partial charge in [0.2, 0.25) is 5.91 Å². The van der Waals surface area contributed by atoms with Crippen LogP contribution in [0.1, 0.15) is 17.5 Å². The van der Waals surface area contributed by atoms with E-state index in [1.807, 2.05) is 37.4 Å². The molecular weight excluding hydrogens is 460 g/mol. The highest BCUT2D eigenvalue weighted by molar-refractivity contribution is 9.10. The minimum atomic E-state index is -0.748. The number of likely N-dealkylation sites (tertiary alicyclic amines) is 1. The molecule has 31 heavy (non-hydrogen) atoms. The normalized spacial score (nSPS) is 20.4. The number of β-amino-alcohol motifs (C(OH)–C–C–N with tert-alkyl or cyclic N) is 1. The van der Waals surface area contributed by atoms with E-state index in [-0.39, 0.29) is 18.9 Å². The van der Waals surface area contributed by atoms with Crippen molar-refractivity contribution in [1.82, 2.24) is 9.80 Å². The SMILES string of the molecule is C=C1Cc2cc(NC(=O)[C@H]3C[C@@H](O)CN3C(=O)Nc3ccc(Br)cc3)ccc2CN1C. The topological polar surface area (TPSA) is 84.9 Å². The van der Waals surface area contributed by atoms with Gasteiger partial charge in [0.05, 0.1) is 6.10 Å². The summed E-state index contributed by atoms with van der Waals surface area (Å²) in [6.45, 7) is 4.98. The van der Waals surface area contributed by atoms with Gasteiger partial charge in [-0.3, -0.25) is 4.79 Å². The largest absolute Gasteiger partial charge is 0.391 e. The van der Waals surface area contributed by atoms with Crippen molar-refractivity contribution in [3.05, 3.63) is 70.3 Å². The third kappa shape index (κ3) is 4.75. The number of nitrogens with one attached hydrogen (secondary N) is 2. The molecule has 7 nitrogen and oxygen atoms in total. The summed E-state index contributed by atoms with van der Waals surface area (Å²) in [5.41, 5.74) is 4.67. The van der Waals surface area contributed by atoms with E-state index in [1.165, 1.54) is 10.5 Å². The Hall–Kier alpha value is -2.84. The Bertz CT molecular complexity index is 1020. The fraction of sp³-hybridized carbons (Fsp3) is 0.304. The van der Waals surface area contributed by atoms with E-state index in [4.69, 9.17) is 0 Å². The van der Waals surface area contributed by atoms with Gasteiger partial charge in [-0.2, -0.15) is 0 Å². The molecule has 4 rings (SSSR count). The van der Waals surface area contributed by atoms with Crippen LogP contribution < -0.4 is 10.6 Å². The molecule has 0 aliphatic carbocycles. The summed E-state index contributed by atoms with van der Waals surface area (Å²) in [7, 11) is 2.01. The molecule has 2 aromatic rings. The number of hydrogen-bond donors (Lipinski definition) is 3. The number of rotatable bonds is 3. The number of nitrogens with zero attached hydrogens (tertiary/aromatic N) is 2. The summed E-state index contributed by atoms with van der Waals surface area (Å²) in [4.78, 5) is 29.2. The number of fused-ring (bicyclic) bond motifs is 1. The molecule has 3 amide bonds. The van der Waals surface area contributed by atoms with Crippen LogP contribution in [0.3, 0.4) is 0 Å². The van der Waals surface area contributed by atoms with E-state index in [0.717, 1.165) is 28.7 Å². The number of allylic oxidation sites excluding steroid dienone is 1. The number of anilines is 2. The first-order valence-electron chi connectivity index (χ1n) is 10.1. The first kappa shape index (κ1) is 21.4. The number of aliphatic hydroxyl groups excluding tert-OH is 1. The van der Waals surface area contributed by atoms with Crippen molar-refractivity contribution in [2.45, 2.75) is 31.5 Å². The van der Waals surface area contributed by atoms with Crippen LogP contribution in [0.4, 0.5) is 16.2 Å². The van der Waals surface area contributed by atoms with Crippen molar-refractivity contribution in [3.63, 3.8) is 0 Å². The Labute approximate surface area is 189 Å². The second-order valence-corrected chi connectivity index (χ2v) is 8.98. The Morgan fingerprint density at radius 2 is 1.81 bits per heavy atom. The maximum absolute atomic E-state index is 13.0. The van der Waals surface area contributed by atoms with Crippen molar-refractivity contribution in [2.75, 3.05) is 24.2 Å². The van der Waals surface area contributed by atoms with Crippen LogP contribution in [0.2, 0.25) is 0 Å². The summed E-state index contributed by atoms with van der Waals surface area (Å²) in [6, 6.07) is 11.9. The Kier molecular flexibility index (Phi) is 6.02. The molecule has 8 heteroatoms. The number of hydrogen-bond acceptors (Lipinski definition) is 4. The van der Waals surface area contributed by atoms with Gasteiger partial charge in [0.1, 0.15) is 6.04 Å². The molecule has 0 aromatic heterocycles. The number of urea groups is 1. The van der Waals surface area contributed by atoms with E-state index in [9.17, 15) is 14.7 Å². The van der Waals surface area contributed by atoms with Crippen LogP contribution >= 0.6 is 15.9 Å². The molecule has 0 spiro atoms. The minimum absolute atomic E-state index is 0.108. The average Bonchev–Trinajstić information content (AvgIpc) is 3.13. The lowest BCUT2D eigenvalue weighted by Gasteiger charge is -2.29. The predicted octanol–water partition coefficient (Wildman–Crippen LogP) is 3.56. The first-order chi connectivity index (χ1) is 14.8. The van der Waals surface area contributed by atoms with Gasteiger partial charge in [-0.1, -0.05) is 28.6 Å². The highest BCUT2D eigenvalue weighted by Gasteiger charge is 2.39. The maximum atomic E-state index is 13.0. The molecule has 0 unspecified atom stereocenters. The summed E-state index contributed by atoms with van der Waals surface area (Å²) in [5.74, 6) is -0.311. The van der Waals surface area contributed by atoms with Gasteiger partial charge in [-0.15, -0.1) is 0 Å². The smallest absolute Gasteiger partial charge is 0.322 e. The molecule has 0 radical (unpaired) electrons. The second-order valence-electron chi connectivity index (χ2n) is 8.07. The number of amides is 3. The van der Waals surface area contributed by atoms with Gasteiger partial charge < -0.3 is 25.5 Å². The van der Waals surface area contributed by atoms with Crippen LogP contribution in [0.25, 0.3) is 0 Å². The maximum Gasteiger partial charge on any atom is 0.322 e. The van der Waals surface area contributed by atoms with Crippen LogP contribution in [-0.4, -0.2) is 52.6 Å². The molecular formula is C23H25BrN4O3. The molecule has 1 saturated heterocycles. The molecule has 2 aliphatic rings. The number of likely N-dealkylation sites (N-methyl/N-ethyl adjacent to an activating group) is 1. The first-order valence-corrected chi connectivity index (χ1v) is 10.9. The lowest BCUT2D eigenvalue weighted by molar-refractivity contribution is -0.119. The van der Waals surface area contributed by atoms with Gasteiger partial charge in [0.25, 0.3) is 0 Å². The summed E-state index contributed by atoms with van der Waals surface area (Å²) in [6.07, 6.45) is 0.194. The molecule has 2 heterocycles. The van der Waals surface area contributed by atoms with Crippen molar-refractivity contribution in [3.8, 4) is 0 Å². The third-order valence-electron chi connectivity index (χ3n) is 5.75. The van der Waals surface area contributed by atoms with Gasteiger partial charge in [0.15, 0.2) is 0 Å². The average molecular weight is 485 g/mol. The molecule has 3 N–H and O–H groups in total. The number of carbonyl (C=O) groups is 2. The van der Waals surface area contributed by atoms with Gasteiger partial charge in [-0.25, -0.2) is 4.79 Å². The number of carbonyl (C=O) groups excluding carboxylic acids is 2. The lowest BCUT2D eigenvalue weighted by Crippen LogP contribution is -2.45. The number of aliphatic hydroxyl groups is 1. The molecule has 0 bridgehead atoms. The van der Waals surface area contributed by atoms with E-state index in [0.29, 0.717) is 11.4 Å². The standard InChI is InChI=1S/C23H25BrN4O3/c1-14-9-16-10-19(6-3-15(16)12-27(14)2)25-22(30)21-11-20(29)13-28(21)23(31)26-18-7-4-17(24)5-8-18/h3-8,10,20-21,29H,1,9,11-13H2,2H3,(H,25,30)(H,26,31)/t20-,21-/m1/s1. The third-order valence-corrected chi connectivity index (χ3v) is 6.28. The van der Waals surface area contributed by atoms with Gasteiger partial charge in [-0.05, 0) is 47.5 Å². The Morgan fingerprint density at radius 1 is 1.10 bits per heavy atom. The van der Waals surface area contributed by atoms with E-state index in [2.05, 4.69) is 38.0 Å². The van der Waals surface area contributed by atoms with Crippen LogP contribution in [0, 0.1) is 0 Å². The van der Waals surface area contributed by atoms with E-state index < -0.39 is 18.2 Å². The molecule has 2 atom stereocenters. The van der Waals surface area contributed by atoms with Gasteiger partial charge >= 0.3 is 6.03 Å². The summed E-state index contributed by atoms with van der Waals surface area (Å²) < 4.78 is 0.902. The van der Waals surface area contributed by atoms with Crippen molar-refractivity contribution in [1.29, 1.82) is 0 Å². The van der Waals surface area contributed by atoms with E-state index >= 15 is 0 Å². The number of benzene rings is 2. The minimum Gasteiger partial charge on any atom is -0.391 e. The zero-order valence-corrected chi connectivity index (χ0v) is 18.9. The Balaban J connectivity index is 1.45. The van der Waals surface area contributed by atoms with Gasteiger partial charge in [0, 0.05) is 54.5 Å². The molecule has 2 aromatic carbocycles. The highest BCUT2D eigenvalue weighted by Crippen LogP contribution is 2.27. The monoisotopic (exact) mass is 484 g/mol. The second kappa shape index (κ2) is 8.72. The zero-order chi connectivity index (χ0) is 22.1. The molecule has 0 saturated carbocycles. The summed E-state index contributed by atoms with van der Waals surface area (Å²) in [5, 5.41) is 15.8. The number of halogens is 1. The van der Waals surface area contributed by atoms with Crippen molar-refractivity contribution >= 4 is 39.2 Å². The van der Waals surface area contributed by atoms with Crippen LogP contribution in [0.15, 0.2) is 59.2 Å². The lowest BCUT2D eigenvalue weighted by atomic mass is 9.97. The molecule has 2 aliphatic heterocycles. The zero-order valence-electron chi connectivity index (χ0n) is 17.3. The highest BCUT2D eigenvalue weighted by atomic mass is 79.9. The van der Waals surface area contributed by atoms with Crippen molar-refractivity contribution < 1.29 is 14.7 Å². The van der Waals surface area contributed by atoms with E-state index in [1.54, 1.807) is 12.1 Å². The predicted molar refractivity (Wildman–Crippen MR) is 124 cm³/mol. The van der Waals surface area contributed by atoms with Crippen LogP contribution in [-0.2, 0) is 17.8 Å². The molecule has 1 fully saturated rings. The molecule has 162 valence electrons.